The first-order valence-corrected chi connectivity index (χ1v) is 19.0. The van der Waals surface area contributed by atoms with Gasteiger partial charge in [-0.2, -0.15) is 8.78 Å². The van der Waals surface area contributed by atoms with E-state index in [2.05, 4.69) is 19.9 Å². The Labute approximate surface area is 310 Å². The van der Waals surface area contributed by atoms with Crippen LogP contribution in [0.2, 0.25) is 0 Å². The van der Waals surface area contributed by atoms with Crippen LogP contribution in [-0.2, 0) is 14.3 Å². The third-order valence-corrected chi connectivity index (χ3v) is 12.0. The summed E-state index contributed by atoms with van der Waals surface area (Å²) in [4.78, 5) is 62.1. The molecule has 2 aromatic rings. The molecule has 0 radical (unpaired) electrons. The number of halogens is 5. The van der Waals surface area contributed by atoms with E-state index in [-0.39, 0.29) is 47.9 Å². The lowest BCUT2D eigenvalue weighted by Gasteiger charge is -2.52. The molecule has 1 aromatic carbocycles. The van der Waals surface area contributed by atoms with Crippen LogP contribution >= 0.6 is 11.3 Å². The first kappa shape index (κ1) is 42.1. The molecule has 0 unspecified atom stereocenters. The fourth-order valence-electron chi connectivity index (χ4n) is 7.69. The van der Waals surface area contributed by atoms with E-state index in [0.29, 0.717) is 12.5 Å². The number of fused-ring (bicyclic) bond motifs is 2. The summed E-state index contributed by atoms with van der Waals surface area (Å²) in [6, 6.07) is -0.204. The van der Waals surface area contributed by atoms with Crippen molar-refractivity contribution in [2.75, 3.05) is 20.6 Å². The van der Waals surface area contributed by atoms with Crippen molar-refractivity contribution in [3.05, 3.63) is 45.2 Å². The molecule has 2 aliphatic heterocycles. The Morgan fingerprint density at radius 3 is 2.13 bits per heavy atom. The number of hydrogen-bond acceptors (Lipinski definition) is 9. The number of nitrogens with zero attached hydrogens (tertiary/aromatic N) is 3. The number of piperidine rings is 2. The van der Waals surface area contributed by atoms with E-state index in [0.717, 1.165) is 55.2 Å². The monoisotopic (exact) mass is 772 g/mol. The van der Waals surface area contributed by atoms with Gasteiger partial charge in [-0.15, -0.1) is 11.3 Å². The molecule has 4 atom stereocenters. The van der Waals surface area contributed by atoms with Crippen LogP contribution in [0, 0.1) is 46.8 Å². The van der Waals surface area contributed by atoms with E-state index >= 15 is 0 Å². The maximum Gasteiger partial charge on any atom is 0.407 e. The lowest BCUT2D eigenvalue weighted by Crippen LogP contribution is -2.62. The van der Waals surface area contributed by atoms with Gasteiger partial charge in [0.25, 0.3) is 0 Å². The summed E-state index contributed by atoms with van der Waals surface area (Å²) < 4.78 is 79.6. The zero-order valence-electron chi connectivity index (χ0n) is 31.2. The van der Waals surface area contributed by atoms with Crippen LogP contribution in [0.3, 0.4) is 0 Å². The van der Waals surface area contributed by atoms with Gasteiger partial charge in [0.2, 0.25) is 40.7 Å². The fourth-order valence-corrected chi connectivity index (χ4v) is 8.51. The van der Waals surface area contributed by atoms with Gasteiger partial charge in [0.1, 0.15) is 5.01 Å². The number of hydrogen-bond donors (Lipinski definition) is 1. The van der Waals surface area contributed by atoms with E-state index in [1.54, 1.807) is 18.9 Å². The number of rotatable bonds is 15. The number of esters is 1. The second-order valence-electron chi connectivity index (χ2n) is 14.5. The van der Waals surface area contributed by atoms with E-state index in [1.807, 2.05) is 34.7 Å². The fraction of sp³-hybridized carbons (Fsp3) is 0.649. The molecule has 2 amide bonds. The molecule has 4 rings (SSSR count). The number of likely N-dealkylation sites (N-methyl/N-ethyl adjacent to an activating group) is 1. The molecule has 1 aromatic heterocycles. The molecule has 0 saturated carbocycles. The Morgan fingerprint density at radius 1 is 1.00 bits per heavy atom. The SMILES string of the molecule is CCNC(=O)O[C@H](C[C@H](C(C)C)N(C)C(=O)[C@@H](CC(=O)C12CCCC(CCC1)N2C)[C@@H](C)CC)c1nc(C(=O)Oc2c(F)c(F)c(F)c(F)c2F)cs1. The van der Waals surface area contributed by atoms with Crippen LogP contribution in [0.25, 0.3) is 0 Å². The molecular weight excluding hydrogens is 723 g/mol. The highest BCUT2D eigenvalue weighted by Gasteiger charge is 2.50. The Hall–Kier alpha value is -3.66. The molecule has 10 nitrogen and oxygen atoms in total. The van der Waals surface area contributed by atoms with Gasteiger partial charge in [0.05, 0.1) is 5.54 Å². The van der Waals surface area contributed by atoms with E-state index < -0.39 is 76.2 Å². The van der Waals surface area contributed by atoms with E-state index in [9.17, 15) is 41.1 Å². The molecule has 0 spiro atoms. The highest BCUT2D eigenvalue weighted by Crippen LogP contribution is 2.43. The van der Waals surface area contributed by atoms with Crippen molar-refractivity contribution in [3.63, 3.8) is 0 Å². The average Bonchev–Trinajstić information content (AvgIpc) is 3.62. The molecule has 2 bridgehead atoms. The van der Waals surface area contributed by atoms with Crippen LogP contribution in [0.15, 0.2) is 5.38 Å². The molecular formula is C37H49F5N4O6S. The summed E-state index contributed by atoms with van der Waals surface area (Å²) >= 11 is 0.829. The van der Waals surface area contributed by atoms with Gasteiger partial charge in [0, 0.05) is 49.8 Å². The van der Waals surface area contributed by atoms with E-state index in [4.69, 9.17) is 4.74 Å². The van der Waals surface area contributed by atoms with Crippen molar-refractivity contribution in [1.82, 2.24) is 20.1 Å². The van der Waals surface area contributed by atoms with Gasteiger partial charge in [0.15, 0.2) is 17.6 Å². The summed E-state index contributed by atoms with van der Waals surface area (Å²) in [7, 11) is 3.67. The summed E-state index contributed by atoms with van der Waals surface area (Å²) in [5, 5.41) is 3.69. The number of ether oxygens (including phenoxy) is 2. The maximum absolute atomic E-state index is 14.4. The number of aromatic nitrogens is 1. The molecule has 3 heterocycles. The number of benzene rings is 1. The first-order valence-electron chi connectivity index (χ1n) is 18.1. The normalized spacial score (nSPS) is 21.0. The molecule has 16 heteroatoms. The number of Topliss-reactive ketones (excluding diaryl/α,β-unsaturated/α-hetero) is 1. The number of thiazole rings is 1. The minimum absolute atomic E-state index is 0.00616. The van der Waals surface area contributed by atoms with E-state index in [1.165, 1.54) is 0 Å². The molecule has 53 heavy (non-hydrogen) atoms. The molecule has 1 N–H and O–H groups in total. The van der Waals surface area contributed by atoms with Crippen molar-refractivity contribution in [2.45, 2.75) is 116 Å². The minimum Gasteiger partial charge on any atom is -0.439 e. The number of ketones is 1. The van der Waals surface area contributed by atoms with Crippen molar-refractivity contribution >= 4 is 35.1 Å². The smallest absolute Gasteiger partial charge is 0.407 e. The second-order valence-corrected chi connectivity index (χ2v) is 15.4. The first-order chi connectivity index (χ1) is 25.0. The Morgan fingerprint density at radius 2 is 1.58 bits per heavy atom. The minimum atomic E-state index is -2.41. The standard InChI is InChI=1S/C37H49F5N4O6S/c1-8-20(5)22(16-26(47)37-14-10-12-21(46(37)7)13-11-15-37)34(48)45(6)24(19(3)4)17-25(51-36(50)43-9-2)33-44-23(18-53-33)35(49)52-32-30(41)28(39)27(38)29(40)31(32)42/h18-22,24-25H,8-17H2,1-7H3,(H,43,50)/t20-,21?,22-,24+,25+,37?/m0/s1. The molecule has 2 fully saturated rings. The number of nitrogens with one attached hydrogen (secondary N) is 1. The summed E-state index contributed by atoms with van der Waals surface area (Å²) in [5.74, 6) is -16.0. The highest BCUT2D eigenvalue weighted by atomic mass is 32.1. The average molecular weight is 773 g/mol. The summed E-state index contributed by atoms with van der Waals surface area (Å²) in [6.07, 6.45) is 4.41. The number of carbonyl (C=O) groups excluding carboxylic acids is 4. The third-order valence-electron chi connectivity index (χ3n) is 11.1. The molecule has 2 saturated heterocycles. The number of amides is 2. The Balaban J connectivity index is 1.59. The second kappa shape index (κ2) is 17.7. The predicted octanol–water partition coefficient (Wildman–Crippen LogP) is 7.75. The van der Waals surface area contributed by atoms with Crippen LogP contribution < -0.4 is 10.1 Å². The van der Waals surface area contributed by atoms with Gasteiger partial charge < -0.3 is 19.7 Å². The van der Waals surface area contributed by atoms with Crippen LogP contribution in [0.5, 0.6) is 5.75 Å². The van der Waals surface area contributed by atoms with Crippen molar-refractivity contribution < 1.29 is 50.6 Å². The van der Waals surface area contributed by atoms with Gasteiger partial charge in [-0.05, 0) is 64.3 Å². The largest absolute Gasteiger partial charge is 0.439 e. The van der Waals surface area contributed by atoms with Gasteiger partial charge >= 0.3 is 12.1 Å². The maximum atomic E-state index is 14.4. The van der Waals surface area contributed by atoms with Gasteiger partial charge in [-0.1, -0.05) is 34.1 Å². The molecule has 2 aliphatic rings. The highest BCUT2D eigenvalue weighted by molar-refractivity contribution is 7.09. The zero-order valence-corrected chi connectivity index (χ0v) is 32.0. The van der Waals surface area contributed by atoms with Gasteiger partial charge in [-0.25, -0.2) is 27.7 Å². The van der Waals surface area contributed by atoms with Crippen LogP contribution in [0.4, 0.5) is 26.7 Å². The lowest BCUT2D eigenvalue weighted by atomic mass is 9.69. The van der Waals surface area contributed by atoms with Gasteiger partial charge in [-0.3, -0.25) is 14.5 Å². The van der Waals surface area contributed by atoms with Crippen molar-refractivity contribution in [2.24, 2.45) is 17.8 Å². The number of carbonyl (C=O) groups is 4. The topological polar surface area (TPSA) is 118 Å². The molecule has 0 aliphatic carbocycles. The zero-order chi connectivity index (χ0) is 39.4. The Kier molecular flexibility index (Phi) is 14.0. The molecule has 294 valence electrons. The summed E-state index contributed by atoms with van der Waals surface area (Å²) in [5.41, 5.74) is -1.12. The third kappa shape index (κ3) is 8.84. The Bertz CT molecular complexity index is 1630. The lowest BCUT2D eigenvalue weighted by molar-refractivity contribution is -0.148. The number of alkyl carbamates (subject to hydrolysis) is 1. The van der Waals surface area contributed by atoms with Crippen molar-refractivity contribution in [3.8, 4) is 5.75 Å². The quantitative estimate of drug-likeness (QED) is 0.0643. The van der Waals surface area contributed by atoms with Crippen LogP contribution in [0.1, 0.15) is 114 Å². The summed E-state index contributed by atoms with van der Waals surface area (Å²) in [6.45, 7) is 9.59. The predicted molar refractivity (Wildman–Crippen MR) is 187 cm³/mol. The van der Waals surface area contributed by atoms with Crippen molar-refractivity contribution in [1.29, 1.82) is 0 Å². The van der Waals surface area contributed by atoms with Crippen LogP contribution in [-0.4, -0.2) is 76.8 Å².